The van der Waals surface area contributed by atoms with E-state index in [0.717, 1.165) is 0 Å². The zero-order chi connectivity index (χ0) is 23.8. The molecule has 0 radical (unpaired) electrons. The van der Waals surface area contributed by atoms with Gasteiger partial charge in [-0.1, -0.05) is 12.1 Å². The van der Waals surface area contributed by atoms with Crippen LogP contribution in [0.2, 0.25) is 0 Å². The van der Waals surface area contributed by atoms with Crippen LogP contribution in [0.1, 0.15) is 44.9 Å². The molecule has 1 aliphatic heterocycles. The number of aromatic nitrogens is 2. The summed E-state index contributed by atoms with van der Waals surface area (Å²) in [5, 5.41) is 18.5. The summed E-state index contributed by atoms with van der Waals surface area (Å²) in [4.78, 5) is 38.0. The third-order valence-corrected chi connectivity index (χ3v) is 5.58. The molecule has 3 heterocycles. The lowest BCUT2D eigenvalue weighted by Crippen LogP contribution is -2.29. The average molecular weight is 458 g/mol. The van der Waals surface area contributed by atoms with Crippen molar-refractivity contribution in [3.8, 4) is 11.5 Å². The minimum Gasteiger partial charge on any atom is -0.463 e. The second-order valence-electron chi connectivity index (χ2n) is 7.54. The van der Waals surface area contributed by atoms with Crippen molar-refractivity contribution in [2.45, 2.75) is 13.0 Å². The van der Waals surface area contributed by atoms with Gasteiger partial charge in [-0.25, -0.2) is 4.79 Å². The third-order valence-electron chi connectivity index (χ3n) is 5.58. The number of hydrogen-bond donors (Lipinski definition) is 1. The summed E-state index contributed by atoms with van der Waals surface area (Å²) in [5.74, 6) is -0.369. The highest BCUT2D eigenvalue weighted by Gasteiger charge is 2.44. The Morgan fingerprint density at radius 1 is 1.21 bits per heavy atom. The first-order valence-electron chi connectivity index (χ1n) is 10.5. The van der Waals surface area contributed by atoms with E-state index in [1.807, 2.05) is 0 Å². The van der Waals surface area contributed by atoms with Gasteiger partial charge in [0.25, 0.3) is 11.6 Å². The molecule has 0 fully saturated rings. The fourth-order valence-corrected chi connectivity index (χ4v) is 4.11. The summed E-state index contributed by atoms with van der Waals surface area (Å²) in [6, 6.07) is 15.3. The Hall–Kier alpha value is -4.73. The van der Waals surface area contributed by atoms with Crippen LogP contribution in [0.15, 0.2) is 71.3 Å². The highest BCUT2D eigenvalue weighted by atomic mass is 16.6. The normalized spacial score (nSPS) is 14.8. The highest BCUT2D eigenvalue weighted by Crippen LogP contribution is 2.45. The molecule has 5 rings (SSSR count). The van der Waals surface area contributed by atoms with Crippen LogP contribution in [0.4, 0.5) is 11.4 Å². The molecule has 0 spiro atoms. The number of esters is 1. The number of non-ortho nitro benzene ring substituents is 1. The van der Waals surface area contributed by atoms with E-state index in [2.05, 4.69) is 10.2 Å². The number of aromatic amines is 1. The quantitative estimate of drug-likeness (QED) is 0.255. The zero-order valence-corrected chi connectivity index (χ0v) is 17.9. The second kappa shape index (κ2) is 8.32. The van der Waals surface area contributed by atoms with Crippen LogP contribution in [0.5, 0.6) is 0 Å². The Morgan fingerprint density at radius 3 is 2.68 bits per heavy atom. The molecule has 10 nitrogen and oxygen atoms in total. The lowest BCUT2D eigenvalue weighted by Gasteiger charge is -2.26. The van der Waals surface area contributed by atoms with Crippen molar-refractivity contribution >= 4 is 23.3 Å². The molecule has 4 aromatic rings. The highest BCUT2D eigenvalue weighted by molar-refractivity contribution is 6.11. The number of ether oxygens (including phenoxy) is 1. The number of furan rings is 1. The smallest absolute Gasteiger partial charge is 0.338 e. The van der Waals surface area contributed by atoms with Crippen molar-refractivity contribution in [1.29, 1.82) is 0 Å². The molecule has 0 saturated heterocycles. The van der Waals surface area contributed by atoms with Gasteiger partial charge in [-0.3, -0.25) is 24.9 Å². The van der Waals surface area contributed by atoms with Gasteiger partial charge in [0.05, 0.1) is 29.4 Å². The summed E-state index contributed by atoms with van der Waals surface area (Å²) >= 11 is 0. The lowest BCUT2D eigenvalue weighted by molar-refractivity contribution is -0.384. The molecule has 1 N–H and O–H groups in total. The summed E-state index contributed by atoms with van der Waals surface area (Å²) < 4.78 is 10.6. The van der Waals surface area contributed by atoms with Gasteiger partial charge < -0.3 is 9.15 Å². The number of fused-ring (bicyclic) bond motifs is 1. The van der Waals surface area contributed by atoms with Gasteiger partial charge in [0.2, 0.25) is 0 Å². The van der Waals surface area contributed by atoms with E-state index in [4.69, 9.17) is 9.15 Å². The summed E-state index contributed by atoms with van der Waals surface area (Å²) in [7, 11) is 0. The molecule has 170 valence electrons. The fourth-order valence-electron chi connectivity index (χ4n) is 4.11. The molecule has 0 saturated carbocycles. The van der Waals surface area contributed by atoms with E-state index in [1.165, 1.54) is 23.3 Å². The third kappa shape index (κ3) is 3.41. The molecular weight excluding hydrogens is 440 g/mol. The van der Waals surface area contributed by atoms with Gasteiger partial charge in [0, 0.05) is 23.4 Å². The van der Waals surface area contributed by atoms with Gasteiger partial charge in [0.1, 0.15) is 5.69 Å². The maximum absolute atomic E-state index is 13.5. The van der Waals surface area contributed by atoms with Crippen molar-refractivity contribution < 1.29 is 23.7 Å². The fraction of sp³-hybridized carbons (Fsp3) is 0.125. The molecule has 2 aromatic heterocycles. The number of carbonyl (C=O) groups is 2. The van der Waals surface area contributed by atoms with Crippen LogP contribution in [0, 0.1) is 10.1 Å². The van der Waals surface area contributed by atoms with E-state index >= 15 is 0 Å². The number of nitrogens with one attached hydrogen (secondary N) is 1. The summed E-state index contributed by atoms with van der Waals surface area (Å²) in [6.45, 7) is 1.97. The standard InChI is InChI=1S/C24H18N4O6/c1-2-33-24(30)14-8-10-16(11-9-14)27-22(15-5-3-6-17(13-15)28(31)32)19-20(18-7-4-12-34-18)25-26-21(19)23(27)29/h3-13,22H,2H2,1H3,(H,25,26)/t22-/m0/s1. The number of H-pyrrole nitrogens is 1. The lowest BCUT2D eigenvalue weighted by atomic mass is 9.97. The first kappa shape index (κ1) is 21.1. The van der Waals surface area contributed by atoms with Crippen molar-refractivity contribution in [2.24, 2.45) is 0 Å². The largest absolute Gasteiger partial charge is 0.463 e. The summed E-state index contributed by atoms with van der Waals surface area (Å²) in [5.41, 5.74) is 2.53. The van der Waals surface area contributed by atoms with Crippen LogP contribution >= 0.6 is 0 Å². The first-order valence-corrected chi connectivity index (χ1v) is 10.5. The predicted octanol–water partition coefficient (Wildman–Crippen LogP) is 4.50. The van der Waals surface area contributed by atoms with Crippen LogP contribution in [0.25, 0.3) is 11.5 Å². The van der Waals surface area contributed by atoms with E-state index in [9.17, 15) is 19.7 Å². The minimum absolute atomic E-state index is 0.0981. The average Bonchev–Trinajstić information content (AvgIpc) is 3.57. The molecule has 1 amide bonds. The number of nitro benzene ring substituents is 1. The maximum atomic E-state index is 13.5. The summed E-state index contributed by atoms with van der Waals surface area (Å²) in [6.07, 6.45) is 1.51. The molecule has 1 aliphatic rings. The molecule has 2 aromatic carbocycles. The van der Waals surface area contributed by atoms with Crippen LogP contribution in [-0.4, -0.2) is 33.6 Å². The van der Waals surface area contributed by atoms with E-state index in [0.29, 0.717) is 33.8 Å². The Balaban J connectivity index is 1.65. The Morgan fingerprint density at radius 2 is 2.00 bits per heavy atom. The number of rotatable bonds is 6. The van der Waals surface area contributed by atoms with E-state index < -0.39 is 16.9 Å². The van der Waals surface area contributed by atoms with Gasteiger partial charge in [-0.15, -0.1) is 0 Å². The topological polar surface area (TPSA) is 132 Å². The molecule has 1 atom stereocenters. The number of nitrogens with zero attached hydrogens (tertiary/aromatic N) is 3. The van der Waals surface area contributed by atoms with Crippen LogP contribution < -0.4 is 4.90 Å². The first-order chi connectivity index (χ1) is 16.5. The van der Waals surface area contributed by atoms with Crippen LogP contribution in [0.3, 0.4) is 0 Å². The van der Waals surface area contributed by atoms with Gasteiger partial charge in [-0.2, -0.15) is 5.10 Å². The predicted molar refractivity (Wildman–Crippen MR) is 120 cm³/mol. The number of anilines is 1. The number of hydrogen-bond acceptors (Lipinski definition) is 7. The number of carbonyl (C=O) groups excluding carboxylic acids is 2. The monoisotopic (exact) mass is 458 g/mol. The van der Waals surface area contributed by atoms with Crippen molar-refractivity contribution in [3.05, 3.63) is 99.4 Å². The van der Waals surface area contributed by atoms with Gasteiger partial charge in [0.15, 0.2) is 11.5 Å². The van der Waals surface area contributed by atoms with Gasteiger partial charge in [-0.05, 0) is 48.9 Å². The van der Waals surface area contributed by atoms with Crippen molar-refractivity contribution in [1.82, 2.24) is 10.2 Å². The van der Waals surface area contributed by atoms with Gasteiger partial charge >= 0.3 is 5.97 Å². The molecule has 0 aliphatic carbocycles. The minimum atomic E-state index is -0.713. The molecule has 0 unspecified atom stereocenters. The molecular formula is C24H18N4O6. The van der Waals surface area contributed by atoms with E-state index in [-0.39, 0.29) is 23.9 Å². The molecule has 34 heavy (non-hydrogen) atoms. The SMILES string of the molecule is CCOC(=O)c1ccc(N2C(=O)c3n[nH]c(-c4ccco4)c3[C@@H]2c2cccc([N+](=O)[O-])c2)cc1. The zero-order valence-electron chi connectivity index (χ0n) is 17.9. The Bertz CT molecular complexity index is 1390. The molecule has 10 heteroatoms. The Kier molecular flexibility index (Phi) is 5.17. The molecule has 0 bridgehead atoms. The number of amides is 1. The van der Waals surface area contributed by atoms with Crippen molar-refractivity contribution in [2.75, 3.05) is 11.5 Å². The van der Waals surface area contributed by atoms with Crippen molar-refractivity contribution in [3.63, 3.8) is 0 Å². The van der Waals surface area contributed by atoms with E-state index in [1.54, 1.807) is 55.5 Å². The van der Waals surface area contributed by atoms with Crippen LogP contribution in [-0.2, 0) is 4.74 Å². The number of nitro groups is 1. The maximum Gasteiger partial charge on any atom is 0.338 e. The Labute approximate surface area is 192 Å². The second-order valence-corrected chi connectivity index (χ2v) is 7.54. The number of benzene rings is 2.